The molecule has 3 heteroatoms. The average molecular weight is 300 g/mol. The highest BCUT2D eigenvalue weighted by Gasteiger charge is 2.11. The smallest absolute Gasteiger partial charge is 0.171 e. The Bertz CT molecular complexity index is 654. The van der Waals surface area contributed by atoms with Crippen LogP contribution >= 0.6 is 12.2 Å². The lowest BCUT2D eigenvalue weighted by molar-refractivity contribution is 0.515. The van der Waals surface area contributed by atoms with Crippen molar-refractivity contribution in [1.29, 1.82) is 0 Å². The fourth-order valence-corrected chi connectivity index (χ4v) is 2.63. The minimum atomic E-state index is -0.0346. The molecule has 0 heterocycles. The van der Waals surface area contributed by atoms with Crippen LogP contribution in [-0.2, 0) is 0 Å². The van der Waals surface area contributed by atoms with Crippen LogP contribution in [0.3, 0.4) is 0 Å². The summed E-state index contributed by atoms with van der Waals surface area (Å²) < 4.78 is 0. The number of benzene rings is 2. The van der Waals surface area contributed by atoms with Crippen molar-refractivity contribution in [2.45, 2.75) is 46.1 Å². The molecule has 0 saturated heterocycles. The minimum Gasteiger partial charge on any atom is -0.358 e. The zero-order valence-electron chi connectivity index (χ0n) is 13.4. The second-order valence-electron chi connectivity index (χ2n) is 6.81. The van der Waals surface area contributed by atoms with E-state index in [-0.39, 0.29) is 5.54 Å². The van der Waals surface area contributed by atoms with E-state index in [1.165, 1.54) is 16.3 Å². The molecule has 2 aromatic carbocycles. The first-order valence-corrected chi connectivity index (χ1v) is 7.78. The Hall–Kier alpha value is -1.61. The van der Waals surface area contributed by atoms with E-state index in [0.29, 0.717) is 11.0 Å². The summed E-state index contributed by atoms with van der Waals surface area (Å²) in [6.45, 7) is 10.7. The minimum absolute atomic E-state index is 0.0346. The first kappa shape index (κ1) is 15.8. The summed E-state index contributed by atoms with van der Waals surface area (Å²) in [5.41, 5.74) is 2.35. The molecule has 0 bridgehead atoms. The number of anilines is 1. The summed E-state index contributed by atoms with van der Waals surface area (Å²) in [4.78, 5) is 0. The van der Waals surface area contributed by atoms with Gasteiger partial charge in [-0.05, 0) is 67.4 Å². The topological polar surface area (TPSA) is 24.1 Å². The van der Waals surface area contributed by atoms with Crippen molar-refractivity contribution in [2.24, 2.45) is 0 Å². The molecule has 2 N–H and O–H groups in total. The van der Waals surface area contributed by atoms with Crippen molar-refractivity contribution in [3.8, 4) is 0 Å². The third-order valence-corrected chi connectivity index (χ3v) is 3.48. The summed E-state index contributed by atoms with van der Waals surface area (Å²) in [6, 6.07) is 13.0. The van der Waals surface area contributed by atoms with Crippen LogP contribution in [0.25, 0.3) is 10.8 Å². The van der Waals surface area contributed by atoms with Crippen LogP contribution in [0.15, 0.2) is 36.4 Å². The van der Waals surface area contributed by atoms with E-state index < -0.39 is 0 Å². The lowest BCUT2D eigenvalue weighted by atomic mass is 9.99. The highest BCUT2D eigenvalue weighted by Crippen LogP contribution is 2.24. The summed E-state index contributed by atoms with van der Waals surface area (Å²) in [7, 11) is 0. The van der Waals surface area contributed by atoms with Gasteiger partial charge in [-0.3, -0.25) is 0 Å². The van der Waals surface area contributed by atoms with Crippen LogP contribution in [0.4, 0.5) is 5.69 Å². The Labute approximate surface area is 132 Å². The second-order valence-corrected chi connectivity index (χ2v) is 7.21. The molecule has 21 heavy (non-hydrogen) atoms. The maximum absolute atomic E-state index is 5.34. The van der Waals surface area contributed by atoms with E-state index in [1.54, 1.807) is 0 Å². The zero-order valence-corrected chi connectivity index (χ0v) is 14.3. The van der Waals surface area contributed by atoms with Crippen molar-refractivity contribution >= 4 is 33.8 Å². The van der Waals surface area contributed by atoms with Crippen LogP contribution < -0.4 is 10.6 Å². The van der Waals surface area contributed by atoms with Crippen LogP contribution in [-0.4, -0.2) is 10.7 Å². The van der Waals surface area contributed by atoms with Gasteiger partial charge in [0, 0.05) is 11.2 Å². The van der Waals surface area contributed by atoms with Crippen molar-refractivity contribution in [3.05, 3.63) is 42.0 Å². The Balaban J connectivity index is 2.20. The Morgan fingerprint density at radius 1 is 1.00 bits per heavy atom. The molecule has 0 amide bonds. The number of thiocarbonyl (C=S) groups is 1. The van der Waals surface area contributed by atoms with E-state index in [2.05, 4.69) is 81.7 Å². The largest absolute Gasteiger partial charge is 0.358 e. The van der Waals surface area contributed by atoms with Crippen LogP contribution in [0, 0.1) is 0 Å². The van der Waals surface area contributed by atoms with Gasteiger partial charge in [-0.1, -0.05) is 38.1 Å². The predicted octanol–water partition coefficient (Wildman–Crippen LogP) is 5.05. The van der Waals surface area contributed by atoms with E-state index >= 15 is 0 Å². The summed E-state index contributed by atoms with van der Waals surface area (Å²) in [6.07, 6.45) is 0. The third-order valence-electron chi connectivity index (χ3n) is 3.28. The molecule has 0 aromatic heterocycles. The van der Waals surface area contributed by atoms with E-state index in [4.69, 9.17) is 12.2 Å². The number of hydrogen-bond donors (Lipinski definition) is 2. The standard InChI is InChI=1S/C18H24N2S/c1-12(2)13-6-7-15-11-16(9-8-14(15)10-13)19-17(21)20-18(3,4)5/h6-12H,1-5H3,(H2,19,20,21). The molecule has 0 atom stereocenters. The monoisotopic (exact) mass is 300 g/mol. The van der Waals surface area contributed by atoms with Gasteiger partial charge in [-0.2, -0.15) is 0 Å². The Morgan fingerprint density at radius 3 is 2.24 bits per heavy atom. The molecule has 0 fully saturated rings. The molecule has 2 rings (SSSR count). The molecule has 112 valence electrons. The van der Waals surface area contributed by atoms with Crippen molar-refractivity contribution < 1.29 is 0 Å². The predicted molar refractivity (Wildman–Crippen MR) is 97.1 cm³/mol. The van der Waals surface area contributed by atoms with E-state index in [9.17, 15) is 0 Å². The Morgan fingerprint density at radius 2 is 1.62 bits per heavy atom. The van der Waals surface area contributed by atoms with Gasteiger partial charge in [0.05, 0.1) is 0 Å². The SMILES string of the molecule is CC(C)c1ccc2cc(NC(=S)NC(C)(C)C)ccc2c1. The summed E-state index contributed by atoms with van der Waals surface area (Å²) in [5, 5.41) is 9.65. The van der Waals surface area contributed by atoms with Crippen molar-refractivity contribution in [2.75, 3.05) is 5.32 Å². The maximum Gasteiger partial charge on any atom is 0.171 e. The zero-order chi connectivity index (χ0) is 15.6. The van der Waals surface area contributed by atoms with Gasteiger partial charge in [0.25, 0.3) is 0 Å². The molecule has 2 aromatic rings. The van der Waals surface area contributed by atoms with Crippen molar-refractivity contribution in [3.63, 3.8) is 0 Å². The van der Waals surface area contributed by atoms with Crippen LogP contribution in [0.1, 0.15) is 46.1 Å². The van der Waals surface area contributed by atoms with E-state index in [1.807, 2.05) is 0 Å². The van der Waals surface area contributed by atoms with E-state index in [0.717, 1.165) is 5.69 Å². The highest BCUT2D eigenvalue weighted by atomic mass is 32.1. The number of nitrogens with one attached hydrogen (secondary N) is 2. The Kier molecular flexibility index (Phi) is 4.52. The highest BCUT2D eigenvalue weighted by molar-refractivity contribution is 7.80. The molecule has 0 unspecified atom stereocenters. The average Bonchev–Trinajstić information content (AvgIpc) is 2.35. The quantitative estimate of drug-likeness (QED) is 0.759. The fraction of sp³-hybridized carbons (Fsp3) is 0.389. The summed E-state index contributed by atoms with van der Waals surface area (Å²) in [5.74, 6) is 0.552. The lowest BCUT2D eigenvalue weighted by Gasteiger charge is -2.23. The first-order valence-electron chi connectivity index (χ1n) is 7.37. The number of fused-ring (bicyclic) bond motifs is 1. The molecule has 0 aliphatic rings. The summed E-state index contributed by atoms with van der Waals surface area (Å²) >= 11 is 5.34. The number of hydrogen-bond acceptors (Lipinski definition) is 1. The number of rotatable bonds is 2. The van der Waals surface area contributed by atoms with Gasteiger partial charge in [0.1, 0.15) is 0 Å². The van der Waals surface area contributed by atoms with Crippen LogP contribution in [0.5, 0.6) is 0 Å². The maximum atomic E-state index is 5.34. The van der Waals surface area contributed by atoms with Gasteiger partial charge in [0.2, 0.25) is 0 Å². The van der Waals surface area contributed by atoms with Gasteiger partial charge in [-0.15, -0.1) is 0 Å². The van der Waals surface area contributed by atoms with Gasteiger partial charge in [-0.25, -0.2) is 0 Å². The molecule has 0 aliphatic carbocycles. The molecular weight excluding hydrogens is 276 g/mol. The van der Waals surface area contributed by atoms with Crippen molar-refractivity contribution in [1.82, 2.24) is 5.32 Å². The molecule has 2 nitrogen and oxygen atoms in total. The van der Waals surface area contributed by atoms with Gasteiger partial charge in [0.15, 0.2) is 5.11 Å². The molecule has 0 radical (unpaired) electrons. The van der Waals surface area contributed by atoms with Gasteiger partial charge < -0.3 is 10.6 Å². The lowest BCUT2D eigenvalue weighted by Crippen LogP contribution is -2.42. The fourth-order valence-electron chi connectivity index (χ4n) is 2.20. The van der Waals surface area contributed by atoms with Gasteiger partial charge >= 0.3 is 0 Å². The molecule has 0 spiro atoms. The first-order chi connectivity index (χ1) is 9.74. The third kappa shape index (κ3) is 4.43. The molecule has 0 aliphatic heterocycles. The molecular formula is C18H24N2S. The molecule has 0 saturated carbocycles. The van der Waals surface area contributed by atoms with Crippen LogP contribution in [0.2, 0.25) is 0 Å². The normalized spacial score (nSPS) is 11.7. The second kappa shape index (κ2) is 6.02.